The molecule has 0 aliphatic carbocycles. The van der Waals surface area contributed by atoms with Gasteiger partial charge in [0.1, 0.15) is 0 Å². The van der Waals surface area contributed by atoms with Crippen molar-refractivity contribution >= 4 is 53.9 Å². The number of hydrogen-bond acceptors (Lipinski definition) is 6. The number of aromatic nitrogens is 6. The molecule has 0 aliphatic rings. The Kier molecular flexibility index (Phi) is 16.6. The van der Waals surface area contributed by atoms with Crippen molar-refractivity contribution in [3.8, 4) is 135 Å². The molecule has 0 saturated heterocycles. The lowest BCUT2D eigenvalue weighted by Crippen LogP contribution is -1.96. The standard InChI is InChI=1S/C51H33N3.C47H31N3/c1-2-11-34(12-3-1)37-13-8-15-40(29-37)49-32-50(41-16-9-14-38(30-41)42-17-10-28-52-33-42)54-51(53-49)36-24-22-35(23-25-36)39-26-27-47-45-20-5-4-18-43(45)44-19-6-7-21-46(44)48(47)31-39;1-2-11-32(12-3-1)35-14-8-16-38(27-35)45-30-46(39-17-9-15-36(28-39)40-18-10-26-48-31-40)50-47(49-45)34-24-22-33(23-25-34)44-29-37-13-4-5-19-41(37)42-20-6-7-21-43(42)44/h1-33H;1-31H. The van der Waals surface area contributed by atoms with Crippen LogP contribution in [0.2, 0.25) is 0 Å². The van der Waals surface area contributed by atoms with Gasteiger partial charge in [-0.15, -0.1) is 0 Å². The van der Waals surface area contributed by atoms with Gasteiger partial charge in [0.15, 0.2) is 11.6 Å². The van der Waals surface area contributed by atoms with E-state index in [1.165, 1.54) is 76.1 Å². The van der Waals surface area contributed by atoms with Crippen LogP contribution in [0.15, 0.2) is 389 Å². The average Bonchev–Trinajstić information content (AvgIpc) is 0.748. The fraction of sp³-hybridized carbons (Fsp3) is 0. The summed E-state index contributed by atoms with van der Waals surface area (Å²) in [7, 11) is 0. The quantitative estimate of drug-likeness (QED) is 0.113. The summed E-state index contributed by atoms with van der Waals surface area (Å²) < 4.78 is 0. The van der Waals surface area contributed by atoms with E-state index >= 15 is 0 Å². The summed E-state index contributed by atoms with van der Waals surface area (Å²) in [4.78, 5) is 29.4. The zero-order chi connectivity index (χ0) is 69.1. The number of nitrogens with zero attached hydrogens (tertiary/aromatic N) is 6. The molecule has 486 valence electrons. The lowest BCUT2D eigenvalue weighted by molar-refractivity contribution is 1.18. The van der Waals surface area contributed by atoms with Crippen LogP contribution in [0.5, 0.6) is 0 Å². The van der Waals surface area contributed by atoms with Crippen molar-refractivity contribution in [2.75, 3.05) is 0 Å². The number of fused-ring (bicyclic) bond motifs is 9. The van der Waals surface area contributed by atoms with Gasteiger partial charge >= 0.3 is 0 Å². The summed E-state index contributed by atoms with van der Waals surface area (Å²) in [6.45, 7) is 0. The fourth-order valence-corrected chi connectivity index (χ4v) is 14.5. The Morgan fingerprint density at radius 3 is 0.885 bits per heavy atom. The summed E-state index contributed by atoms with van der Waals surface area (Å²) >= 11 is 0. The predicted molar refractivity (Wildman–Crippen MR) is 432 cm³/mol. The molecule has 0 saturated carbocycles. The molecule has 0 aliphatic heterocycles. The monoisotopic (exact) mass is 1320 g/mol. The van der Waals surface area contributed by atoms with Gasteiger partial charge in [-0.1, -0.05) is 303 Å². The highest BCUT2D eigenvalue weighted by molar-refractivity contribution is 6.26. The third-order valence-corrected chi connectivity index (χ3v) is 19.7. The van der Waals surface area contributed by atoms with Crippen molar-refractivity contribution in [2.24, 2.45) is 0 Å². The van der Waals surface area contributed by atoms with Crippen LogP contribution in [-0.2, 0) is 0 Å². The number of rotatable bonds is 12. The van der Waals surface area contributed by atoms with Gasteiger partial charge in [0, 0.05) is 69.3 Å². The van der Waals surface area contributed by atoms with Crippen molar-refractivity contribution < 1.29 is 0 Å². The molecular weight excluding hydrogens is 1260 g/mol. The van der Waals surface area contributed by atoms with Crippen LogP contribution in [0.4, 0.5) is 0 Å². The average molecular weight is 1330 g/mol. The molecule has 4 aromatic heterocycles. The topological polar surface area (TPSA) is 77.3 Å². The first-order chi connectivity index (χ1) is 51.5. The molecule has 0 bridgehead atoms. The molecule has 15 aromatic carbocycles. The smallest absolute Gasteiger partial charge is 0.160 e. The summed E-state index contributed by atoms with van der Waals surface area (Å²) in [6.07, 6.45) is 7.39. The first-order valence-corrected chi connectivity index (χ1v) is 35.1. The summed E-state index contributed by atoms with van der Waals surface area (Å²) in [5.41, 5.74) is 23.2. The van der Waals surface area contributed by atoms with E-state index in [0.717, 1.165) is 101 Å². The number of hydrogen-bond donors (Lipinski definition) is 0. The lowest BCUT2D eigenvalue weighted by Gasteiger charge is -2.13. The minimum absolute atomic E-state index is 0.682. The Bertz CT molecular complexity index is 6140. The van der Waals surface area contributed by atoms with E-state index < -0.39 is 0 Å². The lowest BCUT2D eigenvalue weighted by atomic mass is 9.92. The Balaban J connectivity index is 0.000000149. The van der Waals surface area contributed by atoms with Crippen LogP contribution in [0.3, 0.4) is 0 Å². The second-order valence-electron chi connectivity index (χ2n) is 26.2. The van der Waals surface area contributed by atoms with Gasteiger partial charge in [-0.05, 0) is 170 Å². The van der Waals surface area contributed by atoms with Crippen LogP contribution in [-0.4, -0.2) is 29.9 Å². The van der Waals surface area contributed by atoms with Crippen molar-refractivity contribution in [3.05, 3.63) is 389 Å². The minimum Gasteiger partial charge on any atom is -0.264 e. The van der Waals surface area contributed by atoms with Crippen molar-refractivity contribution in [2.45, 2.75) is 0 Å². The molecule has 0 N–H and O–H groups in total. The summed E-state index contributed by atoms with van der Waals surface area (Å²) in [6, 6.07) is 129. The van der Waals surface area contributed by atoms with E-state index in [0.29, 0.717) is 11.6 Å². The van der Waals surface area contributed by atoms with Crippen LogP contribution in [0, 0.1) is 0 Å². The van der Waals surface area contributed by atoms with Gasteiger partial charge in [-0.25, -0.2) is 19.9 Å². The van der Waals surface area contributed by atoms with Gasteiger partial charge < -0.3 is 0 Å². The van der Waals surface area contributed by atoms with Crippen molar-refractivity contribution in [1.82, 2.24) is 29.9 Å². The maximum Gasteiger partial charge on any atom is 0.160 e. The molecule has 0 unspecified atom stereocenters. The van der Waals surface area contributed by atoms with E-state index in [2.05, 4.69) is 350 Å². The van der Waals surface area contributed by atoms with E-state index in [1.807, 2.05) is 36.7 Å². The SMILES string of the molecule is c1ccc(-c2cccc(-c3cc(-c4cccc(-c5cccnc5)c4)nc(-c4ccc(-c5cc6ccccc6c6ccccc56)cc4)n3)c2)cc1.c1ccc(-c2cccc(-c3cc(-c4cccc(-c5cccnc5)c4)nc(-c4ccc(-c5ccc6c7ccccc7c7ccccc7c6c5)cc4)n3)c2)cc1. The predicted octanol–water partition coefficient (Wildman–Crippen LogP) is 25.5. The molecule has 4 heterocycles. The maximum absolute atomic E-state index is 5.20. The maximum atomic E-state index is 5.20. The zero-order valence-corrected chi connectivity index (χ0v) is 56.6. The molecule has 19 rings (SSSR count). The third-order valence-electron chi connectivity index (χ3n) is 19.7. The summed E-state index contributed by atoms with van der Waals surface area (Å²) in [5, 5.41) is 12.7. The van der Waals surface area contributed by atoms with Crippen LogP contribution < -0.4 is 0 Å². The Labute approximate surface area is 603 Å². The molecule has 0 amide bonds. The van der Waals surface area contributed by atoms with Crippen LogP contribution in [0.1, 0.15) is 0 Å². The van der Waals surface area contributed by atoms with Gasteiger partial charge in [-0.2, -0.15) is 0 Å². The highest BCUT2D eigenvalue weighted by Gasteiger charge is 2.18. The molecular formula is C98H64N6. The molecule has 104 heavy (non-hydrogen) atoms. The van der Waals surface area contributed by atoms with E-state index in [4.69, 9.17) is 19.9 Å². The summed E-state index contributed by atoms with van der Waals surface area (Å²) in [5.74, 6) is 1.37. The van der Waals surface area contributed by atoms with Gasteiger partial charge in [0.2, 0.25) is 0 Å². The molecule has 0 atom stereocenters. The molecule has 6 heteroatoms. The van der Waals surface area contributed by atoms with Crippen LogP contribution in [0.25, 0.3) is 188 Å². The van der Waals surface area contributed by atoms with Crippen molar-refractivity contribution in [1.29, 1.82) is 0 Å². The Morgan fingerprint density at radius 2 is 0.452 bits per heavy atom. The molecule has 0 fully saturated rings. The number of benzene rings is 15. The highest BCUT2D eigenvalue weighted by Crippen LogP contribution is 2.41. The van der Waals surface area contributed by atoms with E-state index in [1.54, 1.807) is 12.4 Å². The second kappa shape index (κ2) is 27.6. The first kappa shape index (κ1) is 62.3. The molecule has 0 radical (unpaired) electrons. The highest BCUT2D eigenvalue weighted by atomic mass is 14.9. The minimum atomic E-state index is 0.682. The van der Waals surface area contributed by atoms with Crippen molar-refractivity contribution in [3.63, 3.8) is 0 Å². The van der Waals surface area contributed by atoms with Gasteiger partial charge in [0.05, 0.1) is 22.8 Å². The zero-order valence-electron chi connectivity index (χ0n) is 56.6. The van der Waals surface area contributed by atoms with Crippen LogP contribution >= 0.6 is 0 Å². The van der Waals surface area contributed by atoms with Gasteiger partial charge in [-0.3, -0.25) is 9.97 Å². The van der Waals surface area contributed by atoms with Gasteiger partial charge in [0.25, 0.3) is 0 Å². The molecule has 0 spiro atoms. The normalized spacial score (nSPS) is 11.3. The molecule has 19 aromatic rings. The first-order valence-electron chi connectivity index (χ1n) is 35.1. The second-order valence-corrected chi connectivity index (χ2v) is 26.2. The largest absolute Gasteiger partial charge is 0.264 e. The third kappa shape index (κ3) is 12.5. The Morgan fingerprint density at radius 1 is 0.154 bits per heavy atom. The Hall–Kier alpha value is -13.9. The van der Waals surface area contributed by atoms with E-state index in [9.17, 15) is 0 Å². The number of pyridine rings is 2. The molecule has 6 nitrogen and oxygen atoms in total. The van der Waals surface area contributed by atoms with E-state index in [-0.39, 0.29) is 0 Å². The fourth-order valence-electron chi connectivity index (χ4n) is 14.5.